The maximum atomic E-state index is 12.2. The fraction of sp³-hybridized carbons (Fsp3) is 0.706. The number of hydrogen-bond acceptors (Lipinski definition) is 7. The molecular formula is C17H29N5O7. The fourth-order valence-corrected chi connectivity index (χ4v) is 2.85. The Balaban J connectivity index is 2.54. The van der Waals surface area contributed by atoms with E-state index in [1.54, 1.807) is 0 Å². The Kier molecular flexibility index (Phi) is 10.6. The Morgan fingerprint density at radius 1 is 1.07 bits per heavy atom. The Hall–Kier alpha value is -2.73. The lowest BCUT2D eigenvalue weighted by Crippen LogP contribution is -2.54. The molecule has 1 aliphatic heterocycles. The molecule has 3 atom stereocenters. The minimum atomic E-state index is -1.35. The van der Waals surface area contributed by atoms with Crippen molar-refractivity contribution < 1.29 is 34.2 Å². The van der Waals surface area contributed by atoms with Crippen LogP contribution in [0, 0.1) is 0 Å². The van der Waals surface area contributed by atoms with Gasteiger partial charge in [0.25, 0.3) is 0 Å². The molecule has 1 fully saturated rings. The van der Waals surface area contributed by atoms with Crippen LogP contribution < -0.4 is 27.0 Å². The number of hydrogen-bond donors (Lipinski definition) is 7. The second-order valence-corrected chi connectivity index (χ2v) is 6.77. The van der Waals surface area contributed by atoms with Gasteiger partial charge >= 0.3 is 11.9 Å². The quantitative estimate of drug-likeness (QED) is 0.159. The number of carboxylic acids is 2. The predicted molar refractivity (Wildman–Crippen MR) is 101 cm³/mol. The second kappa shape index (κ2) is 12.7. The van der Waals surface area contributed by atoms with Crippen LogP contribution in [0.2, 0.25) is 0 Å². The van der Waals surface area contributed by atoms with E-state index in [0.717, 1.165) is 6.42 Å². The summed E-state index contributed by atoms with van der Waals surface area (Å²) < 4.78 is 0. The normalized spacial score (nSPS) is 17.8. The summed E-state index contributed by atoms with van der Waals surface area (Å²) in [7, 11) is 0. The Morgan fingerprint density at radius 3 is 2.34 bits per heavy atom. The smallest absolute Gasteiger partial charge is 0.326 e. The zero-order chi connectivity index (χ0) is 21.8. The number of aliphatic carboxylic acids is 2. The van der Waals surface area contributed by atoms with Gasteiger partial charge in [-0.3, -0.25) is 19.2 Å². The minimum Gasteiger partial charge on any atom is -0.481 e. The summed E-state index contributed by atoms with van der Waals surface area (Å²) in [4.78, 5) is 58.5. The highest BCUT2D eigenvalue weighted by molar-refractivity contribution is 5.94. The first-order valence-electron chi connectivity index (χ1n) is 9.50. The van der Waals surface area contributed by atoms with Crippen molar-refractivity contribution in [3.05, 3.63) is 0 Å². The van der Waals surface area contributed by atoms with E-state index < -0.39 is 60.8 Å². The summed E-state index contributed by atoms with van der Waals surface area (Å²) in [6, 6.07) is -2.96. The first-order valence-corrected chi connectivity index (χ1v) is 9.50. The first-order chi connectivity index (χ1) is 13.7. The van der Waals surface area contributed by atoms with E-state index >= 15 is 0 Å². The maximum absolute atomic E-state index is 12.2. The van der Waals surface area contributed by atoms with Gasteiger partial charge in [-0.05, 0) is 45.2 Å². The first kappa shape index (κ1) is 24.3. The third kappa shape index (κ3) is 9.34. The molecule has 12 heteroatoms. The lowest BCUT2D eigenvalue weighted by atomic mass is 10.1. The average molecular weight is 415 g/mol. The van der Waals surface area contributed by atoms with Crippen molar-refractivity contribution in [2.75, 3.05) is 19.6 Å². The molecule has 0 bridgehead atoms. The van der Waals surface area contributed by atoms with Gasteiger partial charge in [0.05, 0.1) is 19.0 Å². The summed E-state index contributed by atoms with van der Waals surface area (Å²) in [5, 5.41) is 27.9. The third-order valence-corrected chi connectivity index (χ3v) is 4.39. The van der Waals surface area contributed by atoms with E-state index in [4.69, 9.17) is 15.9 Å². The van der Waals surface area contributed by atoms with Crippen molar-refractivity contribution in [3.8, 4) is 0 Å². The highest BCUT2D eigenvalue weighted by Gasteiger charge is 2.29. The van der Waals surface area contributed by atoms with E-state index in [-0.39, 0.29) is 6.42 Å². The van der Waals surface area contributed by atoms with E-state index in [1.165, 1.54) is 0 Å². The fourth-order valence-electron chi connectivity index (χ4n) is 2.85. The van der Waals surface area contributed by atoms with Gasteiger partial charge in [0.15, 0.2) is 0 Å². The van der Waals surface area contributed by atoms with Crippen molar-refractivity contribution >= 4 is 29.7 Å². The molecule has 8 N–H and O–H groups in total. The van der Waals surface area contributed by atoms with Gasteiger partial charge < -0.3 is 37.2 Å². The minimum absolute atomic E-state index is 0.193. The number of unbranched alkanes of at least 4 members (excludes halogenated alkanes) is 1. The van der Waals surface area contributed by atoms with Crippen molar-refractivity contribution in [3.63, 3.8) is 0 Å². The molecule has 3 unspecified atom stereocenters. The maximum Gasteiger partial charge on any atom is 0.326 e. The Bertz CT molecular complexity index is 607. The molecule has 1 saturated heterocycles. The molecule has 1 aliphatic rings. The van der Waals surface area contributed by atoms with Crippen molar-refractivity contribution in [1.29, 1.82) is 0 Å². The molecule has 29 heavy (non-hydrogen) atoms. The molecule has 164 valence electrons. The van der Waals surface area contributed by atoms with E-state index in [2.05, 4.69) is 21.3 Å². The van der Waals surface area contributed by atoms with Crippen LogP contribution in [0.1, 0.15) is 38.5 Å². The molecular weight excluding hydrogens is 386 g/mol. The zero-order valence-electron chi connectivity index (χ0n) is 16.1. The van der Waals surface area contributed by atoms with Gasteiger partial charge in [-0.25, -0.2) is 4.79 Å². The number of carboxylic acid groups (broad SMARTS) is 2. The predicted octanol–water partition coefficient (Wildman–Crippen LogP) is -2.49. The van der Waals surface area contributed by atoms with E-state index in [0.29, 0.717) is 32.4 Å². The van der Waals surface area contributed by atoms with Gasteiger partial charge in [-0.15, -0.1) is 0 Å². The molecule has 0 radical (unpaired) electrons. The van der Waals surface area contributed by atoms with Crippen LogP contribution in [0.4, 0.5) is 0 Å². The lowest BCUT2D eigenvalue weighted by Gasteiger charge is -2.19. The van der Waals surface area contributed by atoms with Gasteiger partial charge in [-0.2, -0.15) is 0 Å². The number of rotatable bonds is 13. The van der Waals surface area contributed by atoms with Crippen LogP contribution in [0.15, 0.2) is 0 Å². The largest absolute Gasteiger partial charge is 0.481 e. The number of carbonyl (C=O) groups excluding carboxylic acids is 3. The topological polar surface area (TPSA) is 200 Å². The van der Waals surface area contributed by atoms with Crippen LogP contribution in [-0.2, 0) is 24.0 Å². The molecule has 0 saturated carbocycles. The second-order valence-electron chi connectivity index (χ2n) is 6.77. The molecule has 0 aliphatic carbocycles. The average Bonchev–Trinajstić information content (AvgIpc) is 3.19. The molecule has 0 aromatic heterocycles. The SMILES string of the molecule is NCCCCC(NC(=O)CNC(=O)C(CC(=O)O)NC(=O)C1CCCN1)C(=O)O. The molecule has 1 rings (SSSR count). The van der Waals surface area contributed by atoms with Crippen molar-refractivity contribution in [2.24, 2.45) is 5.73 Å². The van der Waals surface area contributed by atoms with Gasteiger partial charge in [-0.1, -0.05) is 0 Å². The van der Waals surface area contributed by atoms with Crippen molar-refractivity contribution in [1.82, 2.24) is 21.3 Å². The highest BCUT2D eigenvalue weighted by Crippen LogP contribution is 2.06. The molecule has 3 amide bonds. The van der Waals surface area contributed by atoms with Gasteiger partial charge in [0.1, 0.15) is 12.1 Å². The van der Waals surface area contributed by atoms with Gasteiger partial charge in [0.2, 0.25) is 17.7 Å². The van der Waals surface area contributed by atoms with Crippen LogP contribution in [0.5, 0.6) is 0 Å². The summed E-state index contributed by atoms with van der Waals surface area (Å²) in [6.45, 7) is 0.515. The van der Waals surface area contributed by atoms with E-state index in [1.807, 2.05) is 0 Å². The van der Waals surface area contributed by atoms with Gasteiger partial charge in [0, 0.05) is 0 Å². The number of amides is 3. The highest BCUT2D eigenvalue weighted by atomic mass is 16.4. The van der Waals surface area contributed by atoms with E-state index in [9.17, 15) is 24.0 Å². The van der Waals surface area contributed by atoms with Crippen LogP contribution in [-0.4, -0.2) is 77.6 Å². The van der Waals surface area contributed by atoms with Crippen LogP contribution >= 0.6 is 0 Å². The summed E-state index contributed by atoms with van der Waals surface area (Å²) in [5.41, 5.74) is 5.35. The zero-order valence-corrected chi connectivity index (χ0v) is 16.1. The summed E-state index contributed by atoms with van der Waals surface area (Å²) in [5.74, 6) is -4.57. The van der Waals surface area contributed by atoms with Crippen molar-refractivity contribution in [2.45, 2.75) is 56.7 Å². The molecule has 0 spiro atoms. The summed E-state index contributed by atoms with van der Waals surface area (Å²) >= 11 is 0. The Morgan fingerprint density at radius 2 is 1.79 bits per heavy atom. The third-order valence-electron chi connectivity index (χ3n) is 4.39. The summed E-state index contributed by atoms with van der Waals surface area (Å²) in [6.07, 6.45) is 2.05. The van der Waals surface area contributed by atoms with Crippen LogP contribution in [0.25, 0.3) is 0 Å². The molecule has 12 nitrogen and oxygen atoms in total. The molecule has 1 heterocycles. The molecule has 0 aromatic rings. The lowest BCUT2D eigenvalue weighted by molar-refractivity contribution is -0.142. The van der Waals surface area contributed by atoms with Crippen LogP contribution in [0.3, 0.4) is 0 Å². The monoisotopic (exact) mass is 415 g/mol. The number of nitrogens with two attached hydrogens (primary N) is 1. The standard InChI is InChI=1S/C17H29N5O7/c18-6-2-1-4-11(17(28)29)21-13(23)9-20-15(26)12(8-14(24)25)22-16(27)10-5-3-7-19-10/h10-12,19H,1-9,18H2,(H,20,26)(H,21,23)(H,22,27)(H,24,25)(H,28,29). The number of nitrogens with one attached hydrogen (secondary N) is 4. The number of carbonyl (C=O) groups is 5. The molecule has 0 aromatic carbocycles. The Labute approximate surface area is 168 Å².